The Labute approximate surface area is 84.8 Å². The molecule has 0 bridgehead atoms. The van der Waals surface area contributed by atoms with Crippen LogP contribution in [0.15, 0.2) is 26.1 Å². The van der Waals surface area contributed by atoms with E-state index < -0.39 is 5.82 Å². The van der Waals surface area contributed by atoms with E-state index in [0.717, 1.165) is 0 Å². The van der Waals surface area contributed by atoms with E-state index in [1.807, 2.05) is 0 Å². The van der Waals surface area contributed by atoms with Gasteiger partial charge in [0.2, 0.25) is 6.08 Å². The van der Waals surface area contributed by atoms with E-state index in [4.69, 9.17) is 0 Å². The quantitative estimate of drug-likeness (QED) is 0.444. The zero-order valence-corrected chi connectivity index (χ0v) is 8.82. The van der Waals surface area contributed by atoms with Crippen LogP contribution in [0.4, 0.5) is 10.1 Å². The molecule has 0 amide bonds. The highest BCUT2D eigenvalue weighted by Crippen LogP contribution is 2.29. The van der Waals surface area contributed by atoms with Crippen molar-refractivity contribution in [1.82, 2.24) is 0 Å². The van der Waals surface area contributed by atoms with Crippen LogP contribution in [0.5, 0.6) is 0 Å². The number of benzene rings is 1. The van der Waals surface area contributed by atoms with Crippen LogP contribution < -0.4 is 0 Å². The van der Waals surface area contributed by atoms with Crippen LogP contribution in [0.3, 0.4) is 0 Å². The molecule has 1 aromatic carbocycles. The van der Waals surface area contributed by atoms with Crippen LogP contribution in [0, 0.1) is 5.82 Å². The Balaban J connectivity index is 3.32. The van der Waals surface area contributed by atoms with Gasteiger partial charge in [0.15, 0.2) is 5.82 Å². The van der Waals surface area contributed by atoms with E-state index in [1.165, 1.54) is 18.2 Å². The van der Waals surface area contributed by atoms with Crippen LogP contribution in [0.2, 0.25) is 0 Å². The van der Waals surface area contributed by atoms with Crippen LogP contribution in [0.1, 0.15) is 0 Å². The lowest BCUT2D eigenvalue weighted by molar-refractivity contribution is 0.564. The minimum atomic E-state index is -0.562. The summed E-state index contributed by atoms with van der Waals surface area (Å²) in [6.45, 7) is 0. The summed E-state index contributed by atoms with van der Waals surface area (Å²) in [5, 5.41) is 0. The molecule has 0 unspecified atom stereocenters. The van der Waals surface area contributed by atoms with Gasteiger partial charge in [-0.1, -0.05) is 0 Å². The molecule has 0 spiro atoms. The first kappa shape index (κ1) is 9.58. The van der Waals surface area contributed by atoms with Crippen molar-refractivity contribution < 1.29 is 9.18 Å². The molecule has 5 heteroatoms. The van der Waals surface area contributed by atoms with Crippen molar-refractivity contribution in [1.29, 1.82) is 0 Å². The van der Waals surface area contributed by atoms with Crippen molar-refractivity contribution in [2.24, 2.45) is 4.99 Å². The molecule has 0 saturated carbocycles. The van der Waals surface area contributed by atoms with Crippen molar-refractivity contribution in [2.45, 2.75) is 0 Å². The minimum absolute atomic E-state index is 0.0277. The molecule has 1 rings (SSSR count). The van der Waals surface area contributed by atoms with Crippen molar-refractivity contribution in [3.05, 3.63) is 26.9 Å². The van der Waals surface area contributed by atoms with Crippen molar-refractivity contribution in [2.75, 3.05) is 0 Å². The zero-order chi connectivity index (χ0) is 9.14. The summed E-state index contributed by atoms with van der Waals surface area (Å²) in [7, 11) is 0. The van der Waals surface area contributed by atoms with Crippen molar-refractivity contribution in [3.8, 4) is 0 Å². The summed E-state index contributed by atoms with van der Waals surface area (Å²) in [5.74, 6) is -0.562. The zero-order valence-electron chi connectivity index (χ0n) is 5.64. The monoisotopic (exact) mass is 293 g/mol. The van der Waals surface area contributed by atoms with E-state index in [2.05, 4.69) is 36.9 Å². The molecule has 0 heterocycles. The fourth-order valence-corrected chi connectivity index (χ4v) is 1.29. The average molecular weight is 295 g/mol. The smallest absolute Gasteiger partial charge is 0.211 e. The maximum atomic E-state index is 12.9. The van der Waals surface area contributed by atoms with Gasteiger partial charge in [0.1, 0.15) is 5.69 Å². The molecule has 2 nitrogen and oxygen atoms in total. The van der Waals surface area contributed by atoms with Gasteiger partial charge >= 0.3 is 0 Å². The predicted molar refractivity (Wildman–Crippen MR) is 49.6 cm³/mol. The van der Waals surface area contributed by atoms with Gasteiger partial charge in [-0.25, -0.2) is 9.18 Å². The number of rotatable bonds is 1. The number of hydrogen-bond donors (Lipinski definition) is 0. The third-order valence-corrected chi connectivity index (χ3v) is 3.00. The molecule has 0 aliphatic carbocycles. The molecule has 12 heavy (non-hydrogen) atoms. The number of carbonyl (C=O) groups excluding carboxylic acids is 1. The Morgan fingerprint density at radius 1 is 1.33 bits per heavy atom. The first-order chi connectivity index (χ1) is 5.65. The second-order valence-corrected chi connectivity index (χ2v) is 3.63. The SMILES string of the molecule is O=C=Nc1cc(Br)c(Br)cc1F. The highest BCUT2D eigenvalue weighted by Gasteiger charge is 2.04. The molecule has 0 N–H and O–H groups in total. The number of nitrogens with zero attached hydrogens (tertiary/aromatic N) is 1. The highest BCUT2D eigenvalue weighted by molar-refractivity contribution is 9.13. The molecule has 0 radical (unpaired) electrons. The summed E-state index contributed by atoms with van der Waals surface area (Å²) in [5.41, 5.74) is -0.0277. The molecule has 0 atom stereocenters. The minimum Gasteiger partial charge on any atom is -0.211 e. The highest BCUT2D eigenvalue weighted by atomic mass is 79.9. The fourth-order valence-electron chi connectivity index (χ4n) is 0.647. The predicted octanol–water partition coefficient (Wildman–Crippen LogP) is 3.32. The lowest BCUT2D eigenvalue weighted by Gasteiger charge is -1.97. The number of halogens is 3. The molecule has 62 valence electrons. The van der Waals surface area contributed by atoms with E-state index in [-0.39, 0.29) is 5.69 Å². The average Bonchev–Trinajstić information content (AvgIpc) is 2.01. The first-order valence-corrected chi connectivity index (χ1v) is 4.46. The number of hydrogen-bond acceptors (Lipinski definition) is 2. The second-order valence-electron chi connectivity index (χ2n) is 1.92. The summed E-state index contributed by atoms with van der Waals surface area (Å²) < 4.78 is 14.1. The molecule has 1 aromatic rings. The van der Waals surface area contributed by atoms with E-state index in [0.29, 0.717) is 8.95 Å². The molecule has 0 aliphatic heterocycles. The second kappa shape index (κ2) is 3.94. The standard InChI is InChI=1S/C7H2Br2FNO/c8-4-1-6(10)7(11-3-12)2-5(4)9/h1-2H. The van der Waals surface area contributed by atoms with Crippen LogP contribution in [0.25, 0.3) is 0 Å². The lowest BCUT2D eigenvalue weighted by atomic mass is 10.3. The first-order valence-electron chi connectivity index (χ1n) is 2.87. The maximum Gasteiger partial charge on any atom is 0.240 e. The Morgan fingerprint density at radius 2 is 1.92 bits per heavy atom. The summed E-state index contributed by atoms with van der Waals surface area (Å²) in [4.78, 5) is 13.0. The third kappa shape index (κ3) is 2.00. The van der Waals surface area contributed by atoms with Crippen LogP contribution >= 0.6 is 31.9 Å². The molecular formula is C7H2Br2FNO. The van der Waals surface area contributed by atoms with Gasteiger partial charge < -0.3 is 0 Å². The fraction of sp³-hybridized carbons (Fsp3) is 0. The van der Waals surface area contributed by atoms with Crippen molar-refractivity contribution >= 4 is 43.6 Å². The molecule has 0 fully saturated rings. The maximum absolute atomic E-state index is 12.9. The Bertz CT molecular complexity index is 361. The summed E-state index contributed by atoms with van der Waals surface area (Å²) >= 11 is 6.25. The largest absolute Gasteiger partial charge is 0.240 e. The topological polar surface area (TPSA) is 29.4 Å². The van der Waals surface area contributed by atoms with E-state index in [1.54, 1.807) is 0 Å². The summed E-state index contributed by atoms with van der Waals surface area (Å²) in [6.07, 6.45) is 1.27. The Morgan fingerprint density at radius 3 is 2.50 bits per heavy atom. The van der Waals surface area contributed by atoms with Crippen LogP contribution in [-0.4, -0.2) is 6.08 Å². The van der Waals surface area contributed by atoms with E-state index in [9.17, 15) is 9.18 Å². The van der Waals surface area contributed by atoms with Gasteiger partial charge in [0.05, 0.1) is 0 Å². The molecular weight excluding hydrogens is 293 g/mol. The lowest BCUT2D eigenvalue weighted by Crippen LogP contribution is -1.77. The number of aliphatic imine (C=N–C) groups is 1. The van der Waals surface area contributed by atoms with Gasteiger partial charge in [-0.05, 0) is 44.0 Å². The van der Waals surface area contributed by atoms with Gasteiger partial charge in [0.25, 0.3) is 0 Å². The number of isocyanates is 1. The summed E-state index contributed by atoms with van der Waals surface area (Å²) in [6, 6.07) is 2.62. The van der Waals surface area contributed by atoms with Crippen LogP contribution in [-0.2, 0) is 4.79 Å². The Hall–Kier alpha value is -0.510. The normalized spacial score (nSPS) is 9.25. The third-order valence-electron chi connectivity index (χ3n) is 1.16. The van der Waals surface area contributed by atoms with Crippen molar-refractivity contribution in [3.63, 3.8) is 0 Å². The van der Waals surface area contributed by atoms with Gasteiger partial charge in [-0.15, -0.1) is 0 Å². The molecule has 0 saturated heterocycles. The Kier molecular flexibility index (Phi) is 3.14. The van der Waals surface area contributed by atoms with Gasteiger partial charge in [-0.3, -0.25) is 0 Å². The van der Waals surface area contributed by atoms with E-state index >= 15 is 0 Å². The van der Waals surface area contributed by atoms with Gasteiger partial charge in [0, 0.05) is 8.95 Å². The van der Waals surface area contributed by atoms with Gasteiger partial charge in [-0.2, -0.15) is 4.99 Å². The molecule has 0 aromatic heterocycles. The molecule has 0 aliphatic rings.